The number of hydrogen-bond acceptors (Lipinski definition) is 5. The van der Waals surface area contributed by atoms with Crippen molar-refractivity contribution in [2.24, 2.45) is 0 Å². The minimum Gasteiger partial charge on any atom is -0.301 e. The second kappa shape index (κ2) is 3.85. The van der Waals surface area contributed by atoms with Gasteiger partial charge in [-0.3, -0.25) is 23.9 Å². The van der Waals surface area contributed by atoms with Gasteiger partial charge in [-0.1, -0.05) is 0 Å². The third-order valence-corrected chi connectivity index (χ3v) is 3.41. The van der Waals surface area contributed by atoms with Crippen LogP contribution in [0.15, 0.2) is 32.6 Å². The standard InChI is InChI=1S/C13H5FN4O4/c14-4-1-2-6-5(3-4)9(19)10-15-7-8(12(21)18(6)10)16-13(22)17-11(7)20/h1-3H,(H2,16,17,20,22). The fourth-order valence-electron chi connectivity index (χ4n) is 2.49. The molecule has 3 aromatic rings. The SMILES string of the molecule is O=C1c2cc(F)ccc2-n2c1nc1c(=O)[nH]c(=O)[nH]c1c2=O. The van der Waals surface area contributed by atoms with Crippen LogP contribution < -0.4 is 16.8 Å². The van der Waals surface area contributed by atoms with E-state index in [4.69, 9.17) is 0 Å². The lowest BCUT2D eigenvalue weighted by molar-refractivity contribution is 0.103. The van der Waals surface area contributed by atoms with Gasteiger partial charge in [0.05, 0.1) is 11.3 Å². The predicted octanol–water partition coefficient (Wildman–Crippen LogP) is -0.554. The molecular formula is C13H5FN4O4. The number of aromatic amines is 2. The van der Waals surface area contributed by atoms with E-state index < -0.39 is 28.4 Å². The van der Waals surface area contributed by atoms with E-state index in [9.17, 15) is 23.6 Å². The number of hydrogen-bond donors (Lipinski definition) is 2. The fraction of sp³-hybridized carbons (Fsp3) is 0. The van der Waals surface area contributed by atoms with Crippen LogP contribution in [0.4, 0.5) is 4.39 Å². The molecule has 0 spiro atoms. The van der Waals surface area contributed by atoms with Crippen LogP contribution in [0.3, 0.4) is 0 Å². The Morgan fingerprint density at radius 2 is 1.86 bits per heavy atom. The third kappa shape index (κ3) is 1.41. The number of ketones is 1. The molecule has 2 N–H and O–H groups in total. The maximum absolute atomic E-state index is 13.3. The van der Waals surface area contributed by atoms with Crippen molar-refractivity contribution in [3.05, 3.63) is 66.6 Å². The first-order chi connectivity index (χ1) is 10.5. The first kappa shape index (κ1) is 12.4. The lowest BCUT2D eigenvalue weighted by atomic mass is 10.1. The Morgan fingerprint density at radius 1 is 1.09 bits per heavy atom. The molecule has 0 bridgehead atoms. The number of fused-ring (bicyclic) bond motifs is 4. The number of halogens is 1. The first-order valence-corrected chi connectivity index (χ1v) is 6.11. The van der Waals surface area contributed by atoms with Crippen molar-refractivity contribution in [2.45, 2.75) is 0 Å². The van der Waals surface area contributed by atoms with Gasteiger partial charge in [0.25, 0.3) is 11.1 Å². The monoisotopic (exact) mass is 300 g/mol. The maximum Gasteiger partial charge on any atom is 0.326 e. The topological polar surface area (TPSA) is 118 Å². The summed E-state index contributed by atoms with van der Waals surface area (Å²) in [6.45, 7) is 0. The molecule has 0 unspecified atom stereocenters. The largest absolute Gasteiger partial charge is 0.326 e. The molecule has 1 aromatic carbocycles. The predicted molar refractivity (Wildman–Crippen MR) is 72.0 cm³/mol. The average molecular weight is 300 g/mol. The third-order valence-electron chi connectivity index (χ3n) is 3.41. The quantitative estimate of drug-likeness (QED) is 0.451. The van der Waals surface area contributed by atoms with Crippen molar-refractivity contribution < 1.29 is 9.18 Å². The Labute approximate surface area is 118 Å². The van der Waals surface area contributed by atoms with Crippen molar-refractivity contribution >= 4 is 16.8 Å². The maximum atomic E-state index is 13.3. The second-order valence-corrected chi connectivity index (χ2v) is 4.70. The number of aromatic nitrogens is 4. The molecule has 2 aromatic heterocycles. The van der Waals surface area contributed by atoms with Crippen molar-refractivity contribution in [3.63, 3.8) is 0 Å². The normalized spacial score (nSPS) is 12.5. The van der Waals surface area contributed by atoms with E-state index in [0.717, 1.165) is 16.7 Å². The summed E-state index contributed by atoms with van der Waals surface area (Å²) in [7, 11) is 0. The van der Waals surface area contributed by atoms with E-state index in [0.29, 0.717) is 0 Å². The summed E-state index contributed by atoms with van der Waals surface area (Å²) >= 11 is 0. The van der Waals surface area contributed by atoms with Crippen LogP contribution in [0.1, 0.15) is 16.2 Å². The zero-order valence-electron chi connectivity index (χ0n) is 10.6. The zero-order chi connectivity index (χ0) is 15.6. The molecule has 0 saturated heterocycles. The van der Waals surface area contributed by atoms with Gasteiger partial charge < -0.3 is 4.98 Å². The number of rotatable bonds is 0. The molecule has 0 fully saturated rings. The van der Waals surface area contributed by atoms with E-state index in [-0.39, 0.29) is 28.1 Å². The molecule has 0 atom stereocenters. The van der Waals surface area contributed by atoms with E-state index in [1.54, 1.807) is 0 Å². The van der Waals surface area contributed by atoms with Crippen LogP contribution in [0.5, 0.6) is 0 Å². The van der Waals surface area contributed by atoms with E-state index in [2.05, 4.69) is 9.97 Å². The number of carbonyl (C=O) groups excluding carboxylic acids is 1. The summed E-state index contributed by atoms with van der Waals surface area (Å²) < 4.78 is 14.2. The zero-order valence-corrected chi connectivity index (χ0v) is 10.6. The van der Waals surface area contributed by atoms with Crippen LogP contribution in [0.25, 0.3) is 16.7 Å². The Balaban J connectivity index is 2.25. The van der Waals surface area contributed by atoms with Gasteiger partial charge in [0, 0.05) is 0 Å². The average Bonchev–Trinajstić information content (AvgIpc) is 2.74. The van der Waals surface area contributed by atoms with Gasteiger partial charge >= 0.3 is 5.69 Å². The Hall–Kier alpha value is -3.36. The van der Waals surface area contributed by atoms with Crippen LogP contribution in [-0.2, 0) is 0 Å². The van der Waals surface area contributed by atoms with Crippen LogP contribution in [-0.4, -0.2) is 25.3 Å². The van der Waals surface area contributed by atoms with Crippen molar-refractivity contribution in [3.8, 4) is 5.69 Å². The van der Waals surface area contributed by atoms with E-state index in [1.807, 2.05) is 4.98 Å². The molecule has 0 aliphatic carbocycles. The Kier molecular flexibility index (Phi) is 2.16. The van der Waals surface area contributed by atoms with Gasteiger partial charge in [-0.05, 0) is 18.2 Å². The van der Waals surface area contributed by atoms with Crippen molar-refractivity contribution in [2.75, 3.05) is 0 Å². The number of nitrogens with one attached hydrogen (secondary N) is 2. The fourth-order valence-corrected chi connectivity index (χ4v) is 2.49. The van der Waals surface area contributed by atoms with Gasteiger partial charge in [0.1, 0.15) is 11.3 Å². The second-order valence-electron chi connectivity index (χ2n) is 4.70. The summed E-state index contributed by atoms with van der Waals surface area (Å²) in [6, 6.07) is 3.35. The minimum atomic E-state index is -0.880. The molecule has 108 valence electrons. The number of nitrogens with zero attached hydrogens (tertiary/aromatic N) is 2. The van der Waals surface area contributed by atoms with Crippen molar-refractivity contribution in [1.29, 1.82) is 0 Å². The van der Waals surface area contributed by atoms with Gasteiger partial charge in [-0.2, -0.15) is 0 Å². The van der Waals surface area contributed by atoms with E-state index in [1.165, 1.54) is 6.07 Å². The van der Waals surface area contributed by atoms with Crippen molar-refractivity contribution in [1.82, 2.24) is 19.5 Å². The van der Waals surface area contributed by atoms with E-state index >= 15 is 0 Å². The molecule has 4 rings (SSSR count). The number of H-pyrrole nitrogens is 2. The number of carbonyl (C=O) groups is 1. The minimum absolute atomic E-state index is 0.0290. The highest BCUT2D eigenvalue weighted by Gasteiger charge is 2.31. The molecule has 0 amide bonds. The molecule has 3 heterocycles. The molecule has 0 radical (unpaired) electrons. The molecule has 22 heavy (non-hydrogen) atoms. The Bertz CT molecular complexity index is 1170. The highest BCUT2D eigenvalue weighted by molar-refractivity contribution is 6.13. The highest BCUT2D eigenvalue weighted by Crippen LogP contribution is 2.25. The summed E-state index contributed by atoms with van der Waals surface area (Å²) in [6.07, 6.45) is 0. The molecule has 9 heteroatoms. The first-order valence-electron chi connectivity index (χ1n) is 6.11. The summed E-state index contributed by atoms with van der Waals surface area (Å²) in [4.78, 5) is 55.7. The Morgan fingerprint density at radius 3 is 2.64 bits per heavy atom. The lowest BCUT2D eigenvalue weighted by Crippen LogP contribution is -2.31. The summed E-state index contributed by atoms with van der Waals surface area (Å²) in [5.41, 5.74) is -3.06. The van der Waals surface area contributed by atoms with Crippen LogP contribution >= 0.6 is 0 Å². The lowest BCUT2D eigenvalue weighted by Gasteiger charge is -2.04. The van der Waals surface area contributed by atoms with Gasteiger partial charge in [-0.25, -0.2) is 14.2 Å². The van der Waals surface area contributed by atoms with Crippen LogP contribution in [0.2, 0.25) is 0 Å². The summed E-state index contributed by atoms with van der Waals surface area (Å²) in [5.74, 6) is -1.60. The van der Waals surface area contributed by atoms with Gasteiger partial charge in [0.15, 0.2) is 11.3 Å². The highest BCUT2D eigenvalue weighted by atomic mass is 19.1. The van der Waals surface area contributed by atoms with Gasteiger partial charge in [0.2, 0.25) is 5.78 Å². The molecule has 1 aliphatic rings. The molecule has 1 aliphatic heterocycles. The number of benzene rings is 1. The van der Waals surface area contributed by atoms with Crippen LogP contribution in [0, 0.1) is 5.82 Å². The molecule has 0 saturated carbocycles. The molecular weight excluding hydrogens is 295 g/mol. The molecule has 8 nitrogen and oxygen atoms in total. The van der Waals surface area contributed by atoms with Gasteiger partial charge in [-0.15, -0.1) is 0 Å². The summed E-state index contributed by atoms with van der Waals surface area (Å²) in [5, 5.41) is 0. The smallest absolute Gasteiger partial charge is 0.301 e.